The molecule has 0 amide bonds. The Morgan fingerprint density at radius 3 is 1.31 bits per heavy atom. The molecule has 310 valence electrons. The van der Waals surface area contributed by atoms with Crippen LogP contribution in [-0.4, -0.2) is 9.13 Å². The van der Waals surface area contributed by atoms with Gasteiger partial charge in [0.15, 0.2) is 0 Å². The van der Waals surface area contributed by atoms with Crippen LogP contribution in [0, 0.1) is 0 Å². The summed E-state index contributed by atoms with van der Waals surface area (Å²) in [5, 5.41) is 4.99. The van der Waals surface area contributed by atoms with Crippen molar-refractivity contribution in [2.24, 2.45) is 0 Å². The SMILES string of the molecule is C/C(=C\C=C(/C)n1c2ccccc2c2ccccc21)Oc1ccc(C2(c3ccc(Oc4ccc(-n5c6ccccc6c6ccccc65)cc4)cc3)c3ccccc3-c3ccccc32)cc1. The van der Waals surface area contributed by atoms with Crippen LogP contribution in [0.15, 0.2) is 236 Å². The van der Waals surface area contributed by atoms with Gasteiger partial charge in [0.05, 0.1) is 27.5 Å². The zero-order valence-corrected chi connectivity index (χ0v) is 36.2. The van der Waals surface area contributed by atoms with Crippen molar-refractivity contribution in [2.75, 3.05) is 0 Å². The van der Waals surface area contributed by atoms with Crippen LogP contribution in [0.2, 0.25) is 0 Å². The van der Waals surface area contributed by atoms with Crippen molar-refractivity contribution >= 4 is 49.3 Å². The van der Waals surface area contributed by atoms with Gasteiger partial charge in [0.25, 0.3) is 0 Å². The lowest BCUT2D eigenvalue weighted by molar-refractivity contribution is 0.427. The highest BCUT2D eigenvalue weighted by atomic mass is 16.5. The van der Waals surface area contributed by atoms with Crippen LogP contribution in [-0.2, 0) is 5.41 Å². The standard InChI is InChI=1S/C61H44N2O2/c1-41(62-57-23-11-5-17-51(57)52-18-6-12-24-58(52)62)27-28-42(2)64-46-35-29-43(30-36-46)61(55-21-9-3-15-49(55)50-16-4-10-22-56(50)61)44-31-37-47(38-32-44)65-48-39-33-45(34-40-48)63-59-25-13-7-19-53(59)54-20-8-14-26-60(54)63/h3-40H,1-2H3/b41-27+,42-28+. The molecule has 2 aromatic heterocycles. The number of hydrogen-bond acceptors (Lipinski definition) is 2. The van der Waals surface area contributed by atoms with E-state index in [4.69, 9.17) is 9.47 Å². The summed E-state index contributed by atoms with van der Waals surface area (Å²) in [5.74, 6) is 3.15. The van der Waals surface area contributed by atoms with E-state index in [-0.39, 0.29) is 0 Å². The first-order chi connectivity index (χ1) is 32.1. The molecule has 12 rings (SSSR count). The minimum atomic E-state index is -0.554. The second-order valence-electron chi connectivity index (χ2n) is 16.9. The highest BCUT2D eigenvalue weighted by molar-refractivity contribution is 6.10. The lowest BCUT2D eigenvalue weighted by Crippen LogP contribution is -2.28. The van der Waals surface area contributed by atoms with Crippen molar-refractivity contribution in [1.82, 2.24) is 9.13 Å². The lowest BCUT2D eigenvalue weighted by atomic mass is 9.68. The number of para-hydroxylation sites is 4. The first-order valence-electron chi connectivity index (χ1n) is 22.2. The van der Waals surface area contributed by atoms with E-state index in [2.05, 4.69) is 247 Å². The molecule has 0 unspecified atom stereocenters. The lowest BCUT2D eigenvalue weighted by Gasteiger charge is -2.34. The minimum Gasteiger partial charge on any atom is -0.462 e. The quantitative estimate of drug-likeness (QED) is 0.107. The van der Waals surface area contributed by atoms with Gasteiger partial charge in [-0.1, -0.05) is 146 Å². The van der Waals surface area contributed by atoms with Crippen molar-refractivity contribution in [1.29, 1.82) is 0 Å². The van der Waals surface area contributed by atoms with E-state index >= 15 is 0 Å². The van der Waals surface area contributed by atoms with Gasteiger partial charge in [0.1, 0.15) is 23.0 Å². The van der Waals surface area contributed by atoms with Crippen molar-refractivity contribution in [3.8, 4) is 34.1 Å². The number of fused-ring (bicyclic) bond motifs is 9. The third-order valence-corrected chi connectivity index (χ3v) is 13.2. The fourth-order valence-corrected chi connectivity index (χ4v) is 10.4. The average Bonchev–Trinajstić information content (AvgIpc) is 3.99. The highest BCUT2D eigenvalue weighted by Gasteiger charge is 2.45. The Hall–Kier alpha value is -8.34. The monoisotopic (exact) mass is 836 g/mol. The Morgan fingerprint density at radius 1 is 0.400 bits per heavy atom. The van der Waals surface area contributed by atoms with Gasteiger partial charge in [0.2, 0.25) is 0 Å². The van der Waals surface area contributed by atoms with Crippen LogP contribution in [0.5, 0.6) is 17.2 Å². The maximum absolute atomic E-state index is 6.53. The van der Waals surface area contributed by atoms with Gasteiger partial charge in [0, 0.05) is 32.9 Å². The Morgan fingerprint density at radius 2 is 0.800 bits per heavy atom. The summed E-state index contributed by atoms with van der Waals surface area (Å²) in [6.07, 6.45) is 4.20. The summed E-state index contributed by atoms with van der Waals surface area (Å²) in [7, 11) is 0. The van der Waals surface area contributed by atoms with E-state index in [1.165, 1.54) is 77.0 Å². The minimum absolute atomic E-state index is 0.554. The topological polar surface area (TPSA) is 28.3 Å². The van der Waals surface area contributed by atoms with Crippen molar-refractivity contribution in [3.05, 3.63) is 259 Å². The Kier molecular flexibility index (Phi) is 9.13. The van der Waals surface area contributed by atoms with Crippen LogP contribution in [0.25, 0.3) is 66.1 Å². The van der Waals surface area contributed by atoms with Crippen LogP contribution >= 0.6 is 0 Å². The first kappa shape index (κ1) is 38.3. The highest BCUT2D eigenvalue weighted by Crippen LogP contribution is 2.56. The van der Waals surface area contributed by atoms with Crippen LogP contribution in [0.4, 0.5) is 0 Å². The van der Waals surface area contributed by atoms with Gasteiger partial charge in [-0.25, -0.2) is 0 Å². The summed E-state index contributed by atoms with van der Waals surface area (Å²) in [6, 6.07) is 77.7. The molecule has 0 spiro atoms. The Labute approximate surface area is 378 Å². The smallest absolute Gasteiger partial charge is 0.127 e. The van der Waals surface area contributed by atoms with Gasteiger partial charge < -0.3 is 18.6 Å². The molecule has 2 heterocycles. The number of nitrogens with zero attached hydrogens (tertiary/aromatic N) is 2. The van der Waals surface area contributed by atoms with Crippen LogP contribution in [0.1, 0.15) is 36.1 Å². The van der Waals surface area contributed by atoms with E-state index in [1.54, 1.807) is 0 Å². The van der Waals surface area contributed by atoms with E-state index in [1.807, 2.05) is 6.92 Å². The largest absolute Gasteiger partial charge is 0.462 e. The molecule has 4 nitrogen and oxygen atoms in total. The summed E-state index contributed by atoms with van der Waals surface area (Å²) in [6.45, 7) is 4.16. The van der Waals surface area contributed by atoms with Gasteiger partial charge in [-0.3, -0.25) is 0 Å². The molecule has 0 atom stereocenters. The molecule has 9 aromatic carbocycles. The number of ether oxygens (including phenoxy) is 2. The number of benzene rings is 9. The third-order valence-electron chi connectivity index (χ3n) is 13.2. The molecule has 0 fully saturated rings. The van der Waals surface area contributed by atoms with E-state index in [0.29, 0.717) is 0 Å². The zero-order chi connectivity index (χ0) is 43.5. The normalized spacial score (nSPS) is 13.4. The fourth-order valence-electron chi connectivity index (χ4n) is 10.4. The van der Waals surface area contributed by atoms with E-state index in [9.17, 15) is 0 Å². The van der Waals surface area contributed by atoms with Gasteiger partial charge >= 0.3 is 0 Å². The van der Waals surface area contributed by atoms with Crippen molar-refractivity contribution < 1.29 is 9.47 Å². The van der Waals surface area contributed by atoms with Gasteiger partial charge in [-0.2, -0.15) is 0 Å². The molecule has 0 saturated carbocycles. The van der Waals surface area contributed by atoms with Crippen molar-refractivity contribution in [2.45, 2.75) is 19.3 Å². The van der Waals surface area contributed by atoms with Gasteiger partial charge in [-0.05, 0) is 132 Å². The second kappa shape index (κ2) is 15.5. The summed E-state index contributed by atoms with van der Waals surface area (Å²) in [5.41, 5.74) is 13.7. The van der Waals surface area contributed by atoms with Crippen molar-refractivity contribution in [3.63, 3.8) is 0 Å². The van der Waals surface area contributed by atoms with E-state index < -0.39 is 5.41 Å². The summed E-state index contributed by atoms with van der Waals surface area (Å²) >= 11 is 0. The predicted octanol–water partition coefficient (Wildman–Crippen LogP) is 15.9. The summed E-state index contributed by atoms with van der Waals surface area (Å²) in [4.78, 5) is 0. The molecule has 0 radical (unpaired) electrons. The predicted molar refractivity (Wildman–Crippen MR) is 268 cm³/mol. The maximum atomic E-state index is 6.53. The number of allylic oxidation sites excluding steroid dienone is 4. The molecular formula is C61H44N2O2. The molecule has 0 bridgehead atoms. The fraction of sp³-hybridized carbons (Fsp3) is 0.0492. The third kappa shape index (κ3) is 6.21. The van der Waals surface area contributed by atoms with E-state index in [0.717, 1.165) is 34.4 Å². The number of aromatic nitrogens is 2. The zero-order valence-electron chi connectivity index (χ0n) is 36.2. The molecule has 0 aliphatic heterocycles. The Bertz CT molecular complexity index is 3510. The first-order valence-corrected chi connectivity index (χ1v) is 22.2. The Balaban J connectivity index is 0.851. The van der Waals surface area contributed by atoms with Gasteiger partial charge in [-0.15, -0.1) is 0 Å². The molecule has 11 aromatic rings. The molecule has 4 heteroatoms. The average molecular weight is 837 g/mol. The number of rotatable bonds is 9. The molecular weight excluding hydrogens is 793 g/mol. The second-order valence-corrected chi connectivity index (χ2v) is 16.9. The molecule has 0 saturated heterocycles. The molecule has 1 aliphatic carbocycles. The number of hydrogen-bond donors (Lipinski definition) is 0. The maximum Gasteiger partial charge on any atom is 0.127 e. The van der Waals surface area contributed by atoms with Crippen LogP contribution < -0.4 is 9.47 Å². The molecule has 0 N–H and O–H groups in total. The summed E-state index contributed by atoms with van der Waals surface area (Å²) < 4.78 is 17.7. The molecule has 1 aliphatic rings. The van der Waals surface area contributed by atoms with Crippen LogP contribution in [0.3, 0.4) is 0 Å². The molecule has 65 heavy (non-hydrogen) atoms.